The van der Waals surface area contributed by atoms with Gasteiger partial charge in [0.05, 0.1) is 0 Å². The Morgan fingerprint density at radius 3 is 3.10 bits per heavy atom. The molecule has 0 aliphatic carbocycles. The maximum Gasteiger partial charge on any atom is 0.111 e. The Bertz CT molecular complexity index is 197. The first-order chi connectivity index (χ1) is 4.84. The molecule has 0 spiro atoms. The maximum atomic E-state index is 5.60. The van der Waals surface area contributed by atoms with Crippen molar-refractivity contribution in [2.75, 3.05) is 12.3 Å². The number of nitrogens with one attached hydrogen (secondary N) is 1. The van der Waals surface area contributed by atoms with E-state index in [-0.39, 0.29) is 0 Å². The van der Waals surface area contributed by atoms with Crippen LogP contribution in [-0.2, 0) is 6.54 Å². The zero-order valence-corrected chi connectivity index (χ0v) is 6.74. The number of nitrogen functional groups attached to an aromatic ring is 1. The summed E-state index contributed by atoms with van der Waals surface area (Å²) in [7, 11) is 0. The van der Waals surface area contributed by atoms with E-state index in [1.807, 2.05) is 6.20 Å². The van der Waals surface area contributed by atoms with Crippen molar-refractivity contribution in [1.82, 2.24) is 9.69 Å². The number of hydrogen-bond donors (Lipinski definition) is 2. The van der Waals surface area contributed by atoms with E-state index in [2.05, 4.69) is 16.6 Å². The van der Waals surface area contributed by atoms with Crippen LogP contribution in [0.2, 0.25) is 0 Å². The second-order valence-electron chi connectivity index (χ2n) is 2.00. The van der Waals surface area contributed by atoms with Gasteiger partial charge >= 0.3 is 0 Å². The molecule has 10 heavy (non-hydrogen) atoms. The predicted molar refractivity (Wildman–Crippen MR) is 43.9 cm³/mol. The van der Waals surface area contributed by atoms with Crippen molar-refractivity contribution in [1.29, 1.82) is 0 Å². The number of hydrogen-bond acceptors (Lipinski definition) is 4. The molecular weight excluding hydrogens is 146 g/mol. The highest BCUT2D eigenvalue weighted by atomic mass is 32.1. The Morgan fingerprint density at radius 2 is 2.60 bits per heavy atom. The molecule has 0 aromatic carbocycles. The molecule has 3 nitrogen and oxygen atoms in total. The summed E-state index contributed by atoms with van der Waals surface area (Å²) in [4.78, 5) is 0. The van der Waals surface area contributed by atoms with E-state index in [0.717, 1.165) is 23.7 Å². The fourth-order valence-corrected chi connectivity index (χ4v) is 1.20. The van der Waals surface area contributed by atoms with Gasteiger partial charge < -0.3 is 11.1 Å². The van der Waals surface area contributed by atoms with E-state index in [0.29, 0.717) is 0 Å². The molecule has 0 aliphatic heterocycles. The highest BCUT2D eigenvalue weighted by Gasteiger charge is 1.98. The molecule has 1 heterocycles. The first kappa shape index (κ1) is 7.50. The van der Waals surface area contributed by atoms with Crippen LogP contribution in [-0.4, -0.2) is 10.9 Å². The summed E-state index contributed by atoms with van der Waals surface area (Å²) < 4.78 is 3.95. The summed E-state index contributed by atoms with van der Waals surface area (Å²) in [5, 5.41) is 4.00. The summed E-state index contributed by atoms with van der Waals surface area (Å²) in [6, 6.07) is 0. The zero-order chi connectivity index (χ0) is 7.40. The Kier molecular flexibility index (Phi) is 2.65. The zero-order valence-electron chi connectivity index (χ0n) is 5.92. The van der Waals surface area contributed by atoms with Gasteiger partial charge in [-0.25, -0.2) is 0 Å². The normalized spacial score (nSPS) is 10.1. The lowest BCUT2D eigenvalue weighted by Crippen LogP contribution is -2.11. The third-order valence-electron chi connectivity index (χ3n) is 1.24. The van der Waals surface area contributed by atoms with Gasteiger partial charge in [0.25, 0.3) is 0 Å². The maximum absolute atomic E-state index is 5.60. The van der Waals surface area contributed by atoms with Crippen LogP contribution in [0, 0.1) is 0 Å². The van der Waals surface area contributed by atoms with E-state index in [1.54, 1.807) is 0 Å². The molecule has 1 aromatic heterocycles. The van der Waals surface area contributed by atoms with E-state index < -0.39 is 0 Å². The van der Waals surface area contributed by atoms with Crippen LogP contribution in [0.3, 0.4) is 0 Å². The molecule has 0 unspecified atom stereocenters. The fourth-order valence-electron chi connectivity index (χ4n) is 0.661. The molecular formula is C6H11N3S. The second-order valence-corrected chi connectivity index (χ2v) is 2.83. The summed E-state index contributed by atoms with van der Waals surface area (Å²) in [6.07, 6.45) is 1.81. The minimum absolute atomic E-state index is 0.820. The average Bonchev–Trinajstić information content (AvgIpc) is 2.31. The molecule has 0 atom stereocenters. The van der Waals surface area contributed by atoms with E-state index >= 15 is 0 Å². The van der Waals surface area contributed by atoms with Crippen molar-refractivity contribution in [2.24, 2.45) is 0 Å². The number of nitrogens with zero attached hydrogens (tertiary/aromatic N) is 1. The number of rotatable bonds is 3. The molecule has 1 rings (SSSR count). The molecule has 1 aromatic rings. The van der Waals surface area contributed by atoms with Gasteiger partial charge in [-0.3, -0.25) is 0 Å². The van der Waals surface area contributed by atoms with Crippen molar-refractivity contribution in [3.05, 3.63) is 11.8 Å². The molecule has 0 saturated heterocycles. The van der Waals surface area contributed by atoms with Crippen LogP contribution >= 0.6 is 11.5 Å². The van der Waals surface area contributed by atoms with Crippen LogP contribution in [0.4, 0.5) is 5.00 Å². The van der Waals surface area contributed by atoms with Crippen LogP contribution in [0.1, 0.15) is 12.5 Å². The minimum Gasteiger partial charge on any atom is -0.389 e. The first-order valence-electron chi connectivity index (χ1n) is 3.24. The molecule has 56 valence electrons. The van der Waals surface area contributed by atoms with Crippen molar-refractivity contribution in [3.63, 3.8) is 0 Å². The lowest BCUT2D eigenvalue weighted by Gasteiger charge is -1.97. The molecule has 0 saturated carbocycles. The van der Waals surface area contributed by atoms with Crippen LogP contribution < -0.4 is 11.1 Å². The third kappa shape index (κ3) is 1.68. The molecule has 0 aliphatic rings. The number of nitrogens with two attached hydrogens (primary N) is 1. The number of anilines is 1. The smallest absolute Gasteiger partial charge is 0.111 e. The SMILES string of the molecule is CCNCc1cnsc1N. The number of aromatic nitrogens is 1. The topological polar surface area (TPSA) is 50.9 Å². The standard InChI is InChI=1S/C6H11N3S/c1-2-8-3-5-4-9-10-6(5)7/h4,8H,2-3,7H2,1H3. The van der Waals surface area contributed by atoms with Crippen LogP contribution in [0.5, 0.6) is 0 Å². The Balaban J connectivity index is 2.49. The quantitative estimate of drug-likeness (QED) is 0.683. The molecule has 0 fully saturated rings. The largest absolute Gasteiger partial charge is 0.389 e. The van der Waals surface area contributed by atoms with Crippen molar-refractivity contribution in [2.45, 2.75) is 13.5 Å². The highest BCUT2D eigenvalue weighted by molar-refractivity contribution is 7.10. The molecule has 3 N–H and O–H groups in total. The lowest BCUT2D eigenvalue weighted by molar-refractivity contribution is 0.729. The minimum atomic E-state index is 0.820. The summed E-state index contributed by atoms with van der Waals surface area (Å²) in [5.74, 6) is 0. The van der Waals surface area contributed by atoms with E-state index in [9.17, 15) is 0 Å². The van der Waals surface area contributed by atoms with Crippen molar-refractivity contribution in [3.8, 4) is 0 Å². The van der Waals surface area contributed by atoms with Gasteiger partial charge in [0.1, 0.15) is 5.00 Å². The molecule has 0 radical (unpaired) electrons. The highest BCUT2D eigenvalue weighted by Crippen LogP contribution is 2.14. The van der Waals surface area contributed by atoms with Gasteiger partial charge in [-0.15, -0.1) is 0 Å². The predicted octanol–water partition coefficient (Wildman–Crippen LogP) is 0.835. The van der Waals surface area contributed by atoms with Gasteiger partial charge in [-0.1, -0.05) is 6.92 Å². The summed E-state index contributed by atoms with van der Waals surface area (Å²) in [6.45, 7) is 3.87. The third-order valence-corrected chi connectivity index (χ3v) is 1.91. The first-order valence-corrected chi connectivity index (χ1v) is 4.01. The van der Waals surface area contributed by atoms with Crippen molar-refractivity contribution < 1.29 is 0 Å². The van der Waals surface area contributed by atoms with Gasteiger partial charge in [0.2, 0.25) is 0 Å². The Labute approximate surface area is 64.4 Å². The Hall–Kier alpha value is -0.610. The van der Waals surface area contributed by atoms with Gasteiger partial charge in [0, 0.05) is 18.3 Å². The second kappa shape index (κ2) is 3.53. The van der Waals surface area contributed by atoms with Crippen LogP contribution in [0.25, 0.3) is 0 Å². The van der Waals surface area contributed by atoms with Crippen LogP contribution in [0.15, 0.2) is 6.20 Å². The van der Waals surface area contributed by atoms with E-state index in [1.165, 1.54) is 11.5 Å². The average molecular weight is 157 g/mol. The van der Waals surface area contributed by atoms with Gasteiger partial charge in [0.15, 0.2) is 0 Å². The van der Waals surface area contributed by atoms with E-state index in [4.69, 9.17) is 5.73 Å². The van der Waals surface area contributed by atoms with Gasteiger partial charge in [-0.2, -0.15) is 4.37 Å². The monoisotopic (exact) mass is 157 g/mol. The van der Waals surface area contributed by atoms with Crippen molar-refractivity contribution >= 4 is 16.5 Å². The molecule has 4 heteroatoms. The molecule has 0 amide bonds. The molecule has 0 bridgehead atoms. The summed E-state index contributed by atoms with van der Waals surface area (Å²) in [5.41, 5.74) is 6.70. The van der Waals surface area contributed by atoms with Gasteiger partial charge in [-0.05, 0) is 18.1 Å². The summed E-state index contributed by atoms with van der Waals surface area (Å²) >= 11 is 1.34. The fraction of sp³-hybridized carbons (Fsp3) is 0.500. The Morgan fingerprint density at radius 1 is 1.80 bits per heavy atom. The lowest BCUT2D eigenvalue weighted by atomic mass is 10.3.